The van der Waals surface area contributed by atoms with Gasteiger partial charge in [-0.05, 0) is 53.6 Å². The summed E-state index contributed by atoms with van der Waals surface area (Å²) in [6.07, 6.45) is 0. The molecule has 0 aliphatic rings. The van der Waals surface area contributed by atoms with Crippen molar-refractivity contribution in [2.24, 2.45) is 0 Å². The van der Waals surface area contributed by atoms with Crippen LogP contribution < -0.4 is 14.8 Å². The SMILES string of the molecule is COc1cc(CNc2ccc(F)c(Cl)c2)cc(Cl)c1OCc1cccc(Cl)c1. The largest absolute Gasteiger partial charge is 0.493 e. The second-order valence-corrected chi connectivity index (χ2v) is 7.26. The predicted molar refractivity (Wildman–Crippen MR) is 113 cm³/mol. The topological polar surface area (TPSA) is 30.5 Å². The van der Waals surface area contributed by atoms with E-state index in [9.17, 15) is 4.39 Å². The van der Waals surface area contributed by atoms with Crippen LogP contribution in [0.3, 0.4) is 0 Å². The molecule has 0 spiro atoms. The number of hydrogen-bond donors (Lipinski definition) is 1. The number of methoxy groups -OCH3 is 1. The number of anilines is 1. The first kappa shape index (κ1) is 20.6. The molecule has 0 amide bonds. The molecule has 3 nitrogen and oxygen atoms in total. The number of nitrogens with one attached hydrogen (secondary N) is 1. The summed E-state index contributed by atoms with van der Waals surface area (Å²) in [5.74, 6) is 0.513. The third-order valence-electron chi connectivity index (χ3n) is 3.98. The highest BCUT2D eigenvalue weighted by molar-refractivity contribution is 6.32. The summed E-state index contributed by atoms with van der Waals surface area (Å²) in [4.78, 5) is 0. The van der Waals surface area contributed by atoms with Gasteiger partial charge in [0, 0.05) is 17.3 Å². The lowest BCUT2D eigenvalue weighted by atomic mass is 10.2. The average molecular weight is 441 g/mol. The van der Waals surface area contributed by atoms with Gasteiger partial charge in [-0.25, -0.2) is 4.39 Å². The van der Waals surface area contributed by atoms with Crippen molar-refractivity contribution in [3.8, 4) is 11.5 Å². The first-order valence-electron chi connectivity index (χ1n) is 8.39. The van der Waals surface area contributed by atoms with Gasteiger partial charge in [-0.3, -0.25) is 0 Å². The summed E-state index contributed by atoms with van der Waals surface area (Å²) >= 11 is 18.2. The minimum Gasteiger partial charge on any atom is -0.493 e. The molecule has 146 valence electrons. The van der Waals surface area contributed by atoms with Gasteiger partial charge in [-0.2, -0.15) is 0 Å². The van der Waals surface area contributed by atoms with E-state index in [1.165, 1.54) is 12.1 Å². The van der Waals surface area contributed by atoms with E-state index in [-0.39, 0.29) is 5.02 Å². The number of halogens is 4. The molecule has 0 aliphatic carbocycles. The van der Waals surface area contributed by atoms with Crippen molar-refractivity contribution >= 4 is 40.5 Å². The predicted octanol–water partition coefficient (Wildman–Crippen LogP) is 6.99. The van der Waals surface area contributed by atoms with Crippen molar-refractivity contribution in [3.63, 3.8) is 0 Å². The number of rotatable bonds is 7. The molecule has 0 saturated heterocycles. The Hall–Kier alpha value is -2.14. The van der Waals surface area contributed by atoms with Crippen LogP contribution in [-0.2, 0) is 13.2 Å². The molecule has 0 aliphatic heterocycles. The van der Waals surface area contributed by atoms with Crippen LogP contribution in [0.25, 0.3) is 0 Å². The summed E-state index contributed by atoms with van der Waals surface area (Å²) in [5, 5.41) is 4.30. The van der Waals surface area contributed by atoms with Crippen LogP contribution in [-0.4, -0.2) is 7.11 Å². The van der Waals surface area contributed by atoms with E-state index in [0.717, 1.165) is 11.1 Å². The fraction of sp³-hybridized carbons (Fsp3) is 0.143. The maximum Gasteiger partial charge on any atom is 0.180 e. The molecule has 0 fully saturated rings. The lowest BCUT2D eigenvalue weighted by Crippen LogP contribution is -2.03. The van der Waals surface area contributed by atoms with Crippen LogP contribution in [0.1, 0.15) is 11.1 Å². The Morgan fingerprint density at radius 3 is 2.46 bits per heavy atom. The summed E-state index contributed by atoms with van der Waals surface area (Å²) in [7, 11) is 1.55. The van der Waals surface area contributed by atoms with E-state index in [2.05, 4.69) is 5.32 Å². The molecular weight excluding hydrogens is 424 g/mol. The molecular formula is C21H17Cl3FNO2. The van der Waals surface area contributed by atoms with E-state index in [0.29, 0.717) is 40.4 Å². The molecule has 0 saturated carbocycles. The summed E-state index contributed by atoms with van der Waals surface area (Å²) < 4.78 is 24.5. The Bertz CT molecular complexity index is 982. The fourth-order valence-corrected chi connectivity index (χ4v) is 3.29. The van der Waals surface area contributed by atoms with Gasteiger partial charge in [0.2, 0.25) is 0 Å². The molecule has 3 aromatic rings. The molecule has 0 atom stereocenters. The van der Waals surface area contributed by atoms with E-state index >= 15 is 0 Å². The third kappa shape index (κ3) is 5.22. The Morgan fingerprint density at radius 2 is 1.75 bits per heavy atom. The Morgan fingerprint density at radius 1 is 0.929 bits per heavy atom. The van der Waals surface area contributed by atoms with E-state index in [4.69, 9.17) is 44.3 Å². The first-order valence-corrected chi connectivity index (χ1v) is 9.52. The van der Waals surface area contributed by atoms with E-state index in [1.807, 2.05) is 24.3 Å². The van der Waals surface area contributed by atoms with Gasteiger partial charge in [0.15, 0.2) is 11.5 Å². The van der Waals surface area contributed by atoms with E-state index in [1.54, 1.807) is 25.3 Å². The molecule has 0 radical (unpaired) electrons. The zero-order valence-corrected chi connectivity index (χ0v) is 17.2. The highest BCUT2D eigenvalue weighted by Gasteiger charge is 2.13. The highest BCUT2D eigenvalue weighted by atomic mass is 35.5. The van der Waals surface area contributed by atoms with Gasteiger partial charge in [-0.1, -0.05) is 46.9 Å². The Kier molecular flexibility index (Phi) is 6.89. The number of ether oxygens (including phenoxy) is 2. The smallest absolute Gasteiger partial charge is 0.180 e. The van der Waals surface area contributed by atoms with Crippen LogP contribution in [0.15, 0.2) is 54.6 Å². The normalized spacial score (nSPS) is 10.6. The van der Waals surface area contributed by atoms with Crippen LogP contribution in [0.4, 0.5) is 10.1 Å². The lowest BCUT2D eigenvalue weighted by Gasteiger charge is -2.15. The van der Waals surface area contributed by atoms with Gasteiger partial charge in [0.05, 0.1) is 17.2 Å². The van der Waals surface area contributed by atoms with Crippen molar-refractivity contribution in [2.45, 2.75) is 13.2 Å². The highest BCUT2D eigenvalue weighted by Crippen LogP contribution is 2.37. The zero-order chi connectivity index (χ0) is 20.1. The second kappa shape index (κ2) is 9.37. The van der Waals surface area contributed by atoms with Crippen molar-refractivity contribution in [3.05, 3.63) is 86.6 Å². The monoisotopic (exact) mass is 439 g/mol. The van der Waals surface area contributed by atoms with E-state index < -0.39 is 5.82 Å². The molecule has 0 heterocycles. The molecule has 3 rings (SSSR count). The maximum atomic E-state index is 13.3. The van der Waals surface area contributed by atoms with Gasteiger partial charge < -0.3 is 14.8 Å². The summed E-state index contributed by atoms with van der Waals surface area (Å²) in [5.41, 5.74) is 2.49. The fourth-order valence-electron chi connectivity index (χ4n) is 2.61. The van der Waals surface area contributed by atoms with Gasteiger partial charge in [-0.15, -0.1) is 0 Å². The number of benzene rings is 3. The standard InChI is InChI=1S/C21H17Cl3FNO2/c1-27-20-9-14(11-26-16-5-6-19(25)17(23)10-16)8-18(24)21(20)28-12-13-3-2-4-15(22)7-13/h2-10,26H,11-12H2,1H3. The van der Waals surface area contributed by atoms with Gasteiger partial charge in [0.25, 0.3) is 0 Å². The summed E-state index contributed by atoms with van der Waals surface area (Å²) in [6, 6.07) is 15.5. The van der Waals surface area contributed by atoms with Crippen LogP contribution in [0.5, 0.6) is 11.5 Å². The minimum absolute atomic E-state index is 0.0605. The Labute approximate surface area is 177 Å². The summed E-state index contributed by atoms with van der Waals surface area (Å²) in [6.45, 7) is 0.759. The maximum absolute atomic E-state index is 13.3. The first-order chi connectivity index (χ1) is 13.5. The van der Waals surface area contributed by atoms with Crippen LogP contribution in [0, 0.1) is 5.82 Å². The molecule has 0 unspecified atom stereocenters. The molecule has 28 heavy (non-hydrogen) atoms. The molecule has 3 aromatic carbocycles. The average Bonchev–Trinajstić information content (AvgIpc) is 2.67. The van der Waals surface area contributed by atoms with Crippen molar-refractivity contribution in [1.29, 1.82) is 0 Å². The Balaban J connectivity index is 1.72. The van der Waals surface area contributed by atoms with Crippen LogP contribution >= 0.6 is 34.8 Å². The third-order valence-corrected chi connectivity index (χ3v) is 4.78. The number of hydrogen-bond acceptors (Lipinski definition) is 3. The van der Waals surface area contributed by atoms with Gasteiger partial charge in [0.1, 0.15) is 12.4 Å². The lowest BCUT2D eigenvalue weighted by molar-refractivity contribution is 0.284. The molecule has 7 heteroatoms. The minimum atomic E-state index is -0.460. The quantitative estimate of drug-likeness (QED) is 0.429. The van der Waals surface area contributed by atoms with Gasteiger partial charge >= 0.3 is 0 Å². The molecule has 0 aromatic heterocycles. The van der Waals surface area contributed by atoms with Crippen molar-refractivity contribution in [1.82, 2.24) is 0 Å². The van der Waals surface area contributed by atoms with Crippen molar-refractivity contribution in [2.75, 3.05) is 12.4 Å². The molecule has 0 bridgehead atoms. The zero-order valence-electron chi connectivity index (χ0n) is 14.9. The van der Waals surface area contributed by atoms with Crippen molar-refractivity contribution < 1.29 is 13.9 Å². The van der Waals surface area contributed by atoms with Crippen LogP contribution in [0.2, 0.25) is 15.1 Å². The second-order valence-electron chi connectivity index (χ2n) is 6.01. The molecule has 1 N–H and O–H groups in total.